The van der Waals surface area contributed by atoms with Gasteiger partial charge in [-0.3, -0.25) is 4.79 Å². The number of ether oxygens (including phenoxy) is 1. The lowest BCUT2D eigenvalue weighted by Gasteiger charge is -2.05. The van der Waals surface area contributed by atoms with E-state index in [9.17, 15) is 4.79 Å². The van der Waals surface area contributed by atoms with Gasteiger partial charge in [0.25, 0.3) is 5.56 Å². The first-order valence-electron chi connectivity index (χ1n) is 5.82. The Morgan fingerprint density at radius 1 is 1.25 bits per heavy atom. The lowest BCUT2D eigenvalue weighted by Crippen LogP contribution is -2.09. The molecule has 0 fully saturated rings. The number of aromatic amines is 1. The number of nitrogens with zero attached hydrogens (tertiary/aromatic N) is 3. The standard InChI is InChI=1S/C11H14N6O2S/c1-2-19-5-8-14-7(13)4-10(16-8)20-11-15-6(12)3-9(18)17-11/h3-4H,2,5H2,1H3,(H2,13,14,16)(H3,12,15,17,18). The fraction of sp³-hybridized carbons (Fsp3) is 0.273. The number of hydrogen-bond donors (Lipinski definition) is 3. The molecular formula is C11H14N6O2S. The Hall–Kier alpha value is -2.13. The van der Waals surface area contributed by atoms with Crippen LogP contribution in [0.3, 0.4) is 0 Å². The van der Waals surface area contributed by atoms with Gasteiger partial charge in [-0.2, -0.15) is 0 Å². The number of anilines is 2. The van der Waals surface area contributed by atoms with E-state index in [0.29, 0.717) is 28.4 Å². The summed E-state index contributed by atoms with van der Waals surface area (Å²) in [5.74, 6) is 0.942. The quantitative estimate of drug-likeness (QED) is 0.533. The number of nitrogen functional groups attached to an aromatic ring is 2. The van der Waals surface area contributed by atoms with Crippen molar-refractivity contribution >= 4 is 23.4 Å². The van der Waals surface area contributed by atoms with Crippen LogP contribution in [0.1, 0.15) is 12.7 Å². The zero-order chi connectivity index (χ0) is 14.5. The highest BCUT2D eigenvalue weighted by molar-refractivity contribution is 7.99. The molecule has 0 aliphatic rings. The van der Waals surface area contributed by atoms with Crippen molar-refractivity contribution in [2.45, 2.75) is 23.7 Å². The number of nitrogens with two attached hydrogens (primary N) is 2. The number of nitrogens with one attached hydrogen (secondary N) is 1. The molecule has 0 unspecified atom stereocenters. The van der Waals surface area contributed by atoms with Gasteiger partial charge >= 0.3 is 0 Å². The van der Waals surface area contributed by atoms with E-state index in [1.807, 2.05) is 6.92 Å². The van der Waals surface area contributed by atoms with E-state index in [-0.39, 0.29) is 18.0 Å². The maximum absolute atomic E-state index is 11.3. The molecule has 106 valence electrons. The van der Waals surface area contributed by atoms with E-state index in [0.717, 1.165) is 11.8 Å². The van der Waals surface area contributed by atoms with E-state index in [1.54, 1.807) is 6.07 Å². The third-order valence-corrected chi connectivity index (χ3v) is 2.95. The van der Waals surface area contributed by atoms with Crippen molar-refractivity contribution in [1.82, 2.24) is 19.9 Å². The van der Waals surface area contributed by atoms with Gasteiger partial charge in [0.2, 0.25) is 0 Å². The molecule has 0 aliphatic heterocycles. The van der Waals surface area contributed by atoms with Crippen molar-refractivity contribution in [1.29, 1.82) is 0 Å². The minimum Gasteiger partial charge on any atom is -0.384 e. The van der Waals surface area contributed by atoms with Gasteiger partial charge in [0, 0.05) is 18.7 Å². The minimum atomic E-state index is -0.323. The highest BCUT2D eigenvalue weighted by atomic mass is 32.2. The second-order valence-corrected chi connectivity index (χ2v) is 4.77. The summed E-state index contributed by atoms with van der Waals surface area (Å²) < 4.78 is 5.23. The Labute approximate surface area is 119 Å². The molecule has 0 spiro atoms. The molecule has 8 nitrogen and oxygen atoms in total. The zero-order valence-electron chi connectivity index (χ0n) is 10.8. The second-order valence-electron chi connectivity index (χ2n) is 3.76. The minimum absolute atomic E-state index is 0.146. The topological polar surface area (TPSA) is 133 Å². The highest BCUT2D eigenvalue weighted by Crippen LogP contribution is 2.23. The SMILES string of the molecule is CCOCc1nc(N)cc(Sc2nc(N)cc(=O)[nH]2)n1. The first kappa shape index (κ1) is 14.3. The molecule has 2 aromatic heterocycles. The van der Waals surface area contributed by atoms with E-state index < -0.39 is 0 Å². The average molecular weight is 294 g/mol. The summed E-state index contributed by atoms with van der Waals surface area (Å²) in [6.07, 6.45) is 0. The molecule has 0 aliphatic carbocycles. The maximum atomic E-state index is 11.3. The molecule has 0 aromatic carbocycles. The predicted molar refractivity (Wildman–Crippen MR) is 75.2 cm³/mol. The number of hydrogen-bond acceptors (Lipinski definition) is 8. The van der Waals surface area contributed by atoms with Crippen LogP contribution in [0.5, 0.6) is 0 Å². The molecule has 0 amide bonds. The molecule has 0 atom stereocenters. The Morgan fingerprint density at radius 3 is 2.70 bits per heavy atom. The van der Waals surface area contributed by atoms with Crippen LogP contribution in [0.25, 0.3) is 0 Å². The second kappa shape index (κ2) is 6.35. The van der Waals surface area contributed by atoms with Crippen molar-refractivity contribution in [2.75, 3.05) is 18.1 Å². The summed E-state index contributed by atoms with van der Waals surface area (Å²) in [5, 5.41) is 0.899. The van der Waals surface area contributed by atoms with E-state index in [4.69, 9.17) is 16.2 Å². The van der Waals surface area contributed by atoms with Crippen molar-refractivity contribution in [3.05, 3.63) is 28.3 Å². The van der Waals surface area contributed by atoms with Crippen molar-refractivity contribution in [3.8, 4) is 0 Å². The van der Waals surface area contributed by atoms with E-state index in [2.05, 4.69) is 19.9 Å². The first-order valence-corrected chi connectivity index (χ1v) is 6.64. The average Bonchev–Trinajstić information content (AvgIpc) is 2.34. The summed E-state index contributed by atoms with van der Waals surface area (Å²) in [7, 11) is 0. The van der Waals surface area contributed by atoms with Gasteiger partial charge in [-0.15, -0.1) is 0 Å². The number of H-pyrrole nitrogens is 1. The van der Waals surface area contributed by atoms with Crippen LogP contribution in [0.2, 0.25) is 0 Å². The smallest absolute Gasteiger partial charge is 0.253 e. The highest BCUT2D eigenvalue weighted by Gasteiger charge is 2.07. The molecule has 9 heteroatoms. The van der Waals surface area contributed by atoms with Crippen LogP contribution in [-0.4, -0.2) is 26.5 Å². The van der Waals surface area contributed by atoms with Crippen LogP contribution in [0.4, 0.5) is 11.6 Å². The van der Waals surface area contributed by atoms with Crippen LogP contribution in [0.15, 0.2) is 27.1 Å². The molecule has 2 heterocycles. The summed E-state index contributed by atoms with van der Waals surface area (Å²) in [5.41, 5.74) is 10.9. The van der Waals surface area contributed by atoms with Crippen molar-refractivity contribution < 1.29 is 4.74 Å². The Balaban J connectivity index is 2.23. The third-order valence-electron chi connectivity index (χ3n) is 2.15. The molecule has 2 aromatic rings. The number of rotatable bonds is 5. The van der Waals surface area contributed by atoms with E-state index >= 15 is 0 Å². The summed E-state index contributed by atoms with van der Waals surface area (Å²) in [6, 6.07) is 2.79. The fourth-order valence-corrected chi connectivity index (χ4v) is 2.23. The van der Waals surface area contributed by atoms with Crippen LogP contribution >= 0.6 is 11.8 Å². The molecule has 0 saturated carbocycles. The van der Waals surface area contributed by atoms with Crippen LogP contribution < -0.4 is 17.0 Å². The van der Waals surface area contributed by atoms with Crippen molar-refractivity contribution in [2.24, 2.45) is 0 Å². The normalized spacial score (nSPS) is 10.7. The Morgan fingerprint density at radius 2 is 2.00 bits per heavy atom. The largest absolute Gasteiger partial charge is 0.384 e. The molecule has 0 saturated heterocycles. The summed E-state index contributed by atoms with van der Waals surface area (Å²) in [4.78, 5) is 26.2. The van der Waals surface area contributed by atoms with Gasteiger partial charge < -0.3 is 21.2 Å². The van der Waals surface area contributed by atoms with Crippen LogP contribution in [-0.2, 0) is 11.3 Å². The van der Waals surface area contributed by atoms with Gasteiger partial charge in [-0.25, -0.2) is 15.0 Å². The third kappa shape index (κ3) is 3.93. The Kier molecular flexibility index (Phi) is 4.53. The summed E-state index contributed by atoms with van der Waals surface area (Å²) >= 11 is 1.14. The lowest BCUT2D eigenvalue weighted by atomic mass is 10.5. The van der Waals surface area contributed by atoms with Gasteiger partial charge in [-0.1, -0.05) is 0 Å². The molecule has 20 heavy (non-hydrogen) atoms. The van der Waals surface area contributed by atoms with E-state index in [1.165, 1.54) is 6.07 Å². The molecule has 2 rings (SSSR count). The predicted octanol–water partition coefficient (Wildman–Crippen LogP) is 0.412. The Bertz CT molecular complexity index is 660. The summed E-state index contributed by atoms with van der Waals surface area (Å²) in [6.45, 7) is 2.71. The molecular weight excluding hydrogens is 280 g/mol. The molecule has 0 bridgehead atoms. The van der Waals surface area contributed by atoms with Gasteiger partial charge in [-0.05, 0) is 18.7 Å². The van der Waals surface area contributed by atoms with Gasteiger partial charge in [0.1, 0.15) is 23.3 Å². The maximum Gasteiger partial charge on any atom is 0.253 e. The molecule has 5 N–H and O–H groups in total. The zero-order valence-corrected chi connectivity index (χ0v) is 11.6. The molecule has 0 radical (unpaired) electrons. The van der Waals surface area contributed by atoms with Crippen molar-refractivity contribution in [3.63, 3.8) is 0 Å². The monoisotopic (exact) mass is 294 g/mol. The fourth-order valence-electron chi connectivity index (χ4n) is 1.40. The lowest BCUT2D eigenvalue weighted by molar-refractivity contribution is 0.128. The van der Waals surface area contributed by atoms with Crippen LogP contribution in [0, 0.1) is 0 Å². The van der Waals surface area contributed by atoms with Gasteiger partial charge in [0.05, 0.1) is 0 Å². The van der Waals surface area contributed by atoms with Gasteiger partial charge in [0.15, 0.2) is 11.0 Å². The number of aromatic nitrogens is 4. The first-order chi connectivity index (χ1) is 9.56.